The van der Waals surface area contributed by atoms with E-state index in [1.54, 1.807) is 0 Å². The van der Waals surface area contributed by atoms with Gasteiger partial charge in [-0.1, -0.05) is 0 Å². The van der Waals surface area contributed by atoms with Gasteiger partial charge in [0.05, 0.1) is 0 Å². The first-order valence-electron chi connectivity index (χ1n) is 1.77. The molecule has 1 aliphatic rings. The third kappa shape index (κ3) is 0.687. The van der Waals surface area contributed by atoms with Crippen molar-refractivity contribution in [2.24, 2.45) is 5.73 Å². The molecule has 1 heterocycles. The van der Waals surface area contributed by atoms with Crippen molar-refractivity contribution in [1.29, 1.82) is 0 Å². The van der Waals surface area contributed by atoms with Crippen molar-refractivity contribution in [3.05, 3.63) is 0 Å². The summed E-state index contributed by atoms with van der Waals surface area (Å²) in [5.74, 6) is -0.347. The monoisotopic (exact) mass is 103 g/mol. The molecule has 1 fully saturated rings. The number of nitrogens with one attached hydrogen (secondary N) is 2. The zero-order valence-electron chi connectivity index (χ0n) is 3.47. The van der Waals surface area contributed by atoms with Crippen molar-refractivity contribution in [1.82, 2.24) is 11.0 Å². The molecular formula is C2H5N3O2. The fourth-order valence-electron chi connectivity index (χ4n) is 0.260. The third-order valence-electron chi connectivity index (χ3n) is 0.620. The standard InChI is InChI=1S/C2H5N3O2/c3-1-2(6)5-7-4-1/h1,4H,3H2,(H,5,6). The molecule has 0 radical (unpaired) electrons. The van der Waals surface area contributed by atoms with Crippen LogP contribution >= 0.6 is 0 Å². The van der Waals surface area contributed by atoms with Crippen LogP contribution in [-0.2, 0) is 9.73 Å². The minimum Gasteiger partial charge on any atom is -0.306 e. The third-order valence-corrected chi connectivity index (χ3v) is 0.620. The van der Waals surface area contributed by atoms with E-state index >= 15 is 0 Å². The van der Waals surface area contributed by atoms with Gasteiger partial charge < -0.3 is 5.73 Å². The molecule has 0 spiro atoms. The van der Waals surface area contributed by atoms with Gasteiger partial charge in [-0.2, -0.15) is 4.94 Å². The molecule has 1 rings (SSSR count). The normalized spacial score (nSPS) is 30.4. The lowest BCUT2D eigenvalue weighted by Crippen LogP contribution is -2.36. The van der Waals surface area contributed by atoms with Crippen LogP contribution in [0.4, 0.5) is 0 Å². The van der Waals surface area contributed by atoms with Crippen LogP contribution in [-0.4, -0.2) is 12.1 Å². The Hall–Kier alpha value is -0.650. The lowest BCUT2D eigenvalue weighted by Gasteiger charge is -1.88. The summed E-state index contributed by atoms with van der Waals surface area (Å²) in [7, 11) is 0. The van der Waals surface area contributed by atoms with E-state index < -0.39 is 6.17 Å². The molecule has 7 heavy (non-hydrogen) atoms. The Kier molecular flexibility index (Phi) is 0.935. The Labute approximate surface area is 39.7 Å². The summed E-state index contributed by atoms with van der Waals surface area (Å²) >= 11 is 0. The highest BCUT2D eigenvalue weighted by Crippen LogP contribution is 1.78. The lowest BCUT2D eigenvalue weighted by molar-refractivity contribution is -0.125. The second kappa shape index (κ2) is 1.45. The van der Waals surface area contributed by atoms with Gasteiger partial charge in [-0.05, 0) is 0 Å². The van der Waals surface area contributed by atoms with Gasteiger partial charge in [0.25, 0.3) is 5.91 Å². The smallest absolute Gasteiger partial charge is 0.278 e. The lowest BCUT2D eigenvalue weighted by atomic mass is 10.5. The topological polar surface area (TPSA) is 76.4 Å². The Morgan fingerprint density at radius 3 is 2.71 bits per heavy atom. The molecule has 0 saturated carbocycles. The fourth-order valence-corrected chi connectivity index (χ4v) is 0.260. The molecule has 1 unspecified atom stereocenters. The molecule has 0 aromatic carbocycles. The van der Waals surface area contributed by atoms with Crippen LogP contribution in [0.1, 0.15) is 0 Å². The van der Waals surface area contributed by atoms with Crippen LogP contribution in [0.15, 0.2) is 0 Å². The van der Waals surface area contributed by atoms with E-state index in [4.69, 9.17) is 5.73 Å². The summed E-state index contributed by atoms with van der Waals surface area (Å²) in [6.45, 7) is 0. The van der Waals surface area contributed by atoms with Gasteiger partial charge in [0.2, 0.25) is 0 Å². The number of hydrogen-bond donors (Lipinski definition) is 3. The number of amides is 1. The molecule has 1 amide bonds. The quantitative estimate of drug-likeness (QED) is 0.326. The minimum atomic E-state index is -0.708. The average Bonchev–Trinajstić information content (AvgIpc) is 1.91. The SMILES string of the molecule is NC1NONC1=O. The van der Waals surface area contributed by atoms with E-state index in [1.807, 2.05) is 5.48 Å². The van der Waals surface area contributed by atoms with Crippen molar-refractivity contribution in [3.63, 3.8) is 0 Å². The van der Waals surface area contributed by atoms with Crippen LogP contribution in [0.5, 0.6) is 0 Å². The van der Waals surface area contributed by atoms with Crippen molar-refractivity contribution < 1.29 is 9.73 Å². The molecular weight excluding hydrogens is 98.0 g/mol. The summed E-state index contributed by atoms with van der Waals surface area (Å²) in [6.07, 6.45) is -0.708. The van der Waals surface area contributed by atoms with Crippen molar-refractivity contribution in [2.75, 3.05) is 0 Å². The molecule has 4 N–H and O–H groups in total. The van der Waals surface area contributed by atoms with Crippen molar-refractivity contribution in [3.8, 4) is 0 Å². The molecule has 1 saturated heterocycles. The predicted octanol–water partition coefficient (Wildman–Crippen LogP) is -2.16. The first kappa shape index (κ1) is 4.51. The van der Waals surface area contributed by atoms with Gasteiger partial charge in [-0.15, -0.1) is 5.48 Å². The zero-order valence-corrected chi connectivity index (χ0v) is 3.47. The Balaban J connectivity index is 2.48. The number of nitrogens with two attached hydrogens (primary N) is 1. The average molecular weight is 103 g/mol. The molecule has 0 aromatic heterocycles. The highest BCUT2D eigenvalue weighted by atomic mass is 16.8. The highest BCUT2D eigenvalue weighted by Gasteiger charge is 2.19. The first-order chi connectivity index (χ1) is 3.30. The summed E-state index contributed by atoms with van der Waals surface area (Å²) < 4.78 is 0. The maximum Gasteiger partial charge on any atom is 0.278 e. The van der Waals surface area contributed by atoms with E-state index in [9.17, 15) is 4.79 Å². The predicted molar refractivity (Wildman–Crippen MR) is 20.3 cm³/mol. The number of carbonyl (C=O) groups is 1. The van der Waals surface area contributed by atoms with E-state index in [0.717, 1.165) is 0 Å². The molecule has 1 atom stereocenters. The molecule has 5 nitrogen and oxygen atoms in total. The summed E-state index contributed by atoms with van der Waals surface area (Å²) in [5.41, 5.74) is 9.21. The Morgan fingerprint density at radius 1 is 1.86 bits per heavy atom. The van der Waals surface area contributed by atoms with Gasteiger partial charge in [0.15, 0.2) is 6.17 Å². The van der Waals surface area contributed by atoms with E-state index in [2.05, 4.69) is 10.4 Å². The number of hydroxylamine groups is 2. The zero-order chi connectivity index (χ0) is 5.28. The summed E-state index contributed by atoms with van der Waals surface area (Å²) in [6, 6.07) is 0. The van der Waals surface area contributed by atoms with E-state index in [0.29, 0.717) is 0 Å². The van der Waals surface area contributed by atoms with E-state index in [1.165, 1.54) is 0 Å². The number of carbonyl (C=O) groups excluding carboxylic acids is 1. The Morgan fingerprint density at radius 2 is 2.57 bits per heavy atom. The summed E-state index contributed by atoms with van der Waals surface area (Å²) in [5, 5.41) is 0. The van der Waals surface area contributed by atoms with Gasteiger partial charge in [-0.25, -0.2) is 5.48 Å². The number of hydrogen-bond acceptors (Lipinski definition) is 4. The highest BCUT2D eigenvalue weighted by molar-refractivity contribution is 5.80. The van der Waals surface area contributed by atoms with Gasteiger partial charge in [-0.3, -0.25) is 4.79 Å². The fraction of sp³-hybridized carbons (Fsp3) is 0.500. The van der Waals surface area contributed by atoms with Gasteiger partial charge in [0.1, 0.15) is 0 Å². The van der Waals surface area contributed by atoms with Crippen LogP contribution < -0.4 is 16.7 Å². The van der Waals surface area contributed by atoms with Crippen LogP contribution in [0.2, 0.25) is 0 Å². The number of rotatable bonds is 0. The maximum absolute atomic E-state index is 10.2. The molecule has 1 aliphatic heterocycles. The molecule has 0 aromatic rings. The second-order valence-corrected chi connectivity index (χ2v) is 1.16. The van der Waals surface area contributed by atoms with Crippen molar-refractivity contribution in [2.45, 2.75) is 6.17 Å². The maximum atomic E-state index is 10.2. The van der Waals surface area contributed by atoms with Crippen LogP contribution in [0.3, 0.4) is 0 Å². The Bertz CT molecular complexity index is 92.9. The molecule has 0 bridgehead atoms. The van der Waals surface area contributed by atoms with Crippen LogP contribution in [0, 0.1) is 0 Å². The van der Waals surface area contributed by atoms with Gasteiger partial charge in [0, 0.05) is 0 Å². The largest absolute Gasteiger partial charge is 0.306 e. The van der Waals surface area contributed by atoms with Crippen LogP contribution in [0.25, 0.3) is 0 Å². The van der Waals surface area contributed by atoms with Crippen molar-refractivity contribution >= 4 is 5.91 Å². The minimum absolute atomic E-state index is 0.347. The first-order valence-corrected chi connectivity index (χ1v) is 1.77. The molecule has 0 aliphatic carbocycles. The summed E-state index contributed by atoms with van der Waals surface area (Å²) in [4.78, 5) is 14.3. The van der Waals surface area contributed by atoms with E-state index in [-0.39, 0.29) is 5.91 Å². The second-order valence-electron chi connectivity index (χ2n) is 1.16. The molecule has 40 valence electrons. The molecule has 5 heteroatoms. The van der Waals surface area contributed by atoms with Gasteiger partial charge >= 0.3 is 0 Å².